The van der Waals surface area contributed by atoms with Gasteiger partial charge in [-0.2, -0.15) is 0 Å². The Morgan fingerprint density at radius 2 is 1.85 bits per heavy atom. The topological polar surface area (TPSA) is 91.7 Å². The molecule has 3 aromatic rings. The summed E-state index contributed by atoms with van der Waals surface area (Å²) in [6.07, 6.45) is 2.81. The Morgan fingerprint density at radius 1 is 1.09 bits per heavy atom. The first kappa shape index (κ1) is 22.8. The number of rotatable bonds is 7. The van der Waals surface area contributed by atoms with E-state index in [0.717, 1.165) is 5.56 Å². The molecule has 3 heterocycles. The van der Waals surface area contributed by atoms with Gasteiger partial charge in [0.05, 0.1) is 17.7 Å². The monoisotopic (exact) mass is 465 g/mol. The predicted octanol–water partition coefficient (Wildman–Crippen LogP) is 3.62. The summed E-state index contributed by atoms with van der Waals surface area (Å²) < 4.78 is 5.30. The van der Waals surface area contributed by atoms with Gasteiger partial charge in [-0.05, 0) is 61.4 Å². The quantitative estimate of drug-likeness (QED) is 0.558. The fourth-order valence-corrected chi connectivity index (χ4v) is 4.71. The molecule has 1 unspecified atom stereocenters. The van der Waals surface area contributed by atoms with E-state index < -0.39 is 6.04 Å². The Balaban J connectivity index is 1.43. The number of amides is 3. The second-order valence-corrected chi connectivity index (χ2v) is 9.17. The SMILES string of the molecule is Cc1ccc(C(=O)NC(C(=O)NCc2ccco2)C2CCN(C(=O)c3cccs3)CC2)cc1. The molecule has 1 aliphatic rings. The van der Waals surface area contributed by atoms with Crippen molar-refractivity contribution >= 4 is 29.1 Å². The van der Waals surface area contributed by atoms with E-state index in [1.807, 2.05) is 41.5 Å². The maximum Gasteiger partial charge on any atom is 0.263 e. The number of furan rings is 1. The normalized spacial score (nSPS) is 15.1. The van der Waals surface area contributed by atoms with Gasteiger partial charge in [0.15, 0.2) is 0 Å². The first-order valence-electron chi connectivity index (χ1n) is 11.0. The summed E-state index contributed by atoms with van der Waals surface area (Å²) in [5, 5.41) is 7.71. The van der Waals surface area contributed by atoms with E-state index in [2.05, 4.69) is 10.6 Å². The largest absolute Gasteiger partial charge is 0.467 e. The molecule has 172 valence electrons. The Kier molecular flexibility index (Phi) is 7.24. The zero-order valence-corrected chi connectivity index (χ0v) is 19.3. The standard InChI is InChI=1S/C25H27N3O4S/c1-17-6-8-19(9-7-17)23(29)27-22(24(30)26-16-20-4-2-14-32-20)18-10-12-28(13-11-18)25(31)21-5-3-15-33-21/h2-9,14-15,18,22H,10-13,16H2,1H3,(H,26,30)(H,27,29). The van der Waals surface area contributed by atoms with E-state index in [0.29, 0.717) is 42.1 Å². The van der Waals surface area contributed by atoms with Crippen LogP contribution >= 0.6 is 11.3 Å². The minimum absolute atomic E-state index is 0.0194. The van der Waals surface area contributed by atoms with Crippen LogP contribution in [0.5, 0.6) is 0 Å². The van der Waals surface area contributed by atoms with Gasteiger partial charge in [-0.3, -0.25) is 14.4 Å². The van der Waals surface area contributed by atoms with Crippen molar-refractivity contribution in [3.63, 3.8) is 0 Å². The van der Waals surface area contributed by atoms with Crippen LogP contribution in [0.2, 0.25) is 0 Å². The molecule has 0 aliphatic carbocycles. The van der Waals surface area contributed by atoms with Crippen molar-refractivity contribution in [2.75, 3.05) is 13.1 Å². The van der Waals surface area contributed by atoms with E-state index in [9.17, 15) is 14.4 Å². The molecule has 3 amide bonds. The summed E-state index contributed by atoms with van der Waals surface area (Å²) >= 11 is 1.43. The van der Waals surface area contributed by atoms with Crippen molar-refractivity contribution in [2.24, 2.45) is 5.92 Å². The highest BCUT2D eigenvalue weighted by atomic mass is 32.1. The van der Waals surface area contributed by atoms with Gasteiger partial charge >= 0.3 is 0 Å². The number of aryl methyl sites for hydroxylation is 1. The number of likely N-dealkylation sites (tertiary alicyclic amines) is 1. The second kappa shape index (κ2) is 10.5. The molecular formula is C25H27N3O4S. The van der Waals surface area contributed by atoms with Crippen LogP contribution in [-0.2, 0) is 11.3 Å². The minimum Gasteiger partial charge on any atom is -0.467 e. The van der Waals surface area contributed by atoms with Gasteiger partial charge < -0.3 is 20.0 Å². The zero-order valence-electron chi connectivity index (χ0n) is 18.5. The number of piperidine rings is 1. The average Bonchev–Trinajstić information content (AvgIpc) is 3.56. The summed E-state index contributed by atoms with van der Waals surface area (Å²) in [7, 11) is 0. The minimum atomic E-state index is -0.701. The summed E-state index contributed by atoms with van der Waals surface area (Å²) in [4.78, 5) is 41.2. The lowest BCUT2D eigenvalue weighted by Crippen LogP contribution is -2.53. The third-order valence-electron chi connectivity index (χ3n) is 5.93. The van der Waals surface area contributed by atoms with Crippen LogP contribution in [-0.4, -0.2) is 41.8 Å². The Labute approximate surface area is 196 Å². The van der Waals surface area contributed by atoms with Crippen LogP contribution in [0.4, 0.5) is 0 Å². The lowest BCUT2D eigenvalue weighted by molar-refractivity contribution is -0.124. The number of hydrogen-bond donors (Lipinski definition) is 2. The Bertz CT molecular complexity index is 1070. The van der Waals surface area contributed by atoms with Crippen LogP contribution in [0.25, 0.3) is 0 Å². The van der Waals surface area contributed by atoms with E-state index >= 15 is 0 Å². The van der Waals surface area contributed by atoms with Gasteiger partial charge in [-0.15, -0.1) is 11.3 Å². The number of benzene rings is 1. The predicted molar refractivity (Wildman–Crippen MR) is 126 cm³/mol. The van der Waals surface area contributed by atoms with Crippen LogP contribution in [0.3, 0.4) is 0 Å². The fraction of sp³-hybridized carbons (Fsp3) is 0.320. The smallest absolute Gasteiger partial charge is 0.263 e. The summed E-state index contributed by atoms with van der Waals surface area (Å²) in [6, 6.07) is 13.8. The van der Waals surface area contributed by atoms with Crippen LogP contribution < -0.4 is 10.6 Å². The van der Waals surface area contributed by atoms with Crippen molar-refractivity contribution in [3.8, 4) is 0 Å². The Morgan fingerprint density at radius 3 is 2.48 bits per heavy atom. The highest BCUT2D eigenvalue weighted by Crippen LogP contribution is 2.24. The molecule has 1 saturated heterocycles. The third-order valence-corrected chi connectivity index (χ3v) is 6.79. The molecule has 2 N–H and O–H groups in total. The molecule has 0 radical (unpaired) electrons. The summed E-state index contributed by atoms with van der Waals surface area (Å²) in [5.41, 5.74) is 1.57. The van der Waals surface area contributed by atoms with Gasteiger partial charge in [0.1, 0.15) is 11.8 Å². The zero-order chi connectivity index (χ0) is 23.2. The molecule has 33 heavy (non-hydrogen) atoms. The van der Waals surface area contributed by atoms with Gasteiger partial charge in [-0.25, -0.2) is 0 Å². The molecule has 1 aromatic carbocycles. The lowest BCUT2D eigenvalue weighted by atomic mass is 9.88. The number of nitrogens with zero attached hydrogens (tertiary/aromatic N) is 1. The van der Waals surface area contributed by atoms with E-state index in [-0.39, 0.29) is 30.2 Å². The maximum atomic E-state index is 13.1. The second-order valence-electron chi connectivity index (χ2n) is 8.22. The van der Waals surface area contributed by atoms with Gasteiger partial charge in [0, 0.05) is 18.7 Å². The van der Waals surface area contributed by atoms with E-state index in [4.69, 9.17) is 4.42 Å². The average molecular weight is 466 g/mol. The molecule has 0 bridgehead atoms. The fourth-order valence-electron chi connectivity index (χ4n) is 4.02. The van der Waals surface area contributed by atoms with E-state index in [1.165, 1.54) is 11.3 Å². The first-order valence-corrected chi connectivity index (χ1v) is 11.9. The molecule has 7 nitrogen and oxygen atoms in total. The van der Waals surface area contributed by atoms with Crippen LogP contribution in [0.1, 0.15) is 44.2 Å². The molecule has 1 fully saturated rings. The molecule has 2 aromatic heterocycles. The summed E-state index contributed by atoms with van der Waals surface area (Å²) in [5.74, 6) is 0.0396. The summed E-state index contributed by atoms with van der Waals surface area (Å²) in [6.45, 7) is 3.30. The van der Waals surface area contributed by atoms with Gasteiger partial charge in [0.25, 0.3) is 11.8 Å². The third kappa shape index (κ3) is 5.70. The molecule has 0 spiro atoms. The Hall–Kier alpha value is -3.39. The lowest BCUT2D eigenvalue weighted by Gasteiger charge is -2.35. The number of hydrogen-bond acceptors (Lipinski definition) is 5. The van der Waals surface area contributed by atoms with Crippen molar-refractivity contribution in [3.05, 3.63) is 81.9 Å². The molecule has 1 aliphatic heterocycles. The van der Waals surface area contributed by atoms with Crippen molar-refractivity contribution in [1.29, 1.82) is 0 Å². The highest BCUT2D eigenvalue weighted by molar-refractivity contribution is 7.12. The van der Waals surface area contributed by atoms with E-state index in [1.54, 1.807) is 30.5 Å². The number of nitrogens with one attached hydrogen (secondary N) is 2. The number of carbonyl (C=O) groups is 3. The molecule has 1 atom stereocenters. The molecule has 8 heteroatoms. The van der Waals surface area contributed by atoms with Gasteiger partial charge in [-0.1, -0.05) is 23.8 Å². The number of thiophene rings is 1. The van der Waals surface area contributed by atoms with Crippen LogP contribution in [0.15, 0.2) is 64.6 Å². The molecule has 0 saturated carbocycles. The highest BCUT2D eigenvalue weighted by Gasteiger charge is 2.34. The first-order chi connectivity index (χ1) is 16.0. The maximum absolute atomic E-state index is 13.1. The van der Waals surface area contributed by atoms with Crippen LogP contribution in [0, 0.1) is 12.8 Å². The van der Waals surface area contributed by atoms with Crippen molar-refractivity contribution in [1.82, 2.24) is 15.5 Å². The van der Waals surface area contributed by atoms with Crippen molar-refractivity contribution < 1.29 is 18.8 Å². The van der Waals surface area contributed by atoms with Gasteiger partial charge in [0.2, 0.25) is 5.91 Å². The molecule has 4 rings (SSSR count). The molecular weight excluding hydrogens is 438 g/mol. The number of carbonyl (C=O) groups excluding carboxylic acids is 3. The van der Waals surface area contributed by atoms with Crippen molar-refractivity contribution in [2.45, 2.75) is 32.4 Å².